The van der Waals surface area contributed by atoms with Crippen LogP contribution in [0.1, 0.15) is 24.4 Å². The van der Waals surface area contributed by atoms with Crippen LogP contribution >= 0.6 is 0 Å². The maximum absolute atomic E-state index is 14.0. The Bertz CT molecular complexity index is 545. The lowest BCUT2D eigenvalue weighted by atomic mass is 9.96. The van der Waals surface area contributed by atoms with Gasteiger partial charge in [-0.3, -0.25) is 9.69 Å². The molecule has 0 aliphatic carbocycles. The Hall–Kier alpha value is -1.93. The first-order chi connectivity index (χ1) is 10.0. The molecule has 0 bridgehead atoms. The molecule has 1 aliphatic rings. The van der Waals surface area contributed by atoms with E-state index >= 15 is 0 Å². The molecule has 4 nitrogen and oxygen atoms in total. The fourth-order valence-electron chi connectivity index (χ4n) is 2.73. The number of hydrogen-bond acceptors (Lipinski definition) is 3. The maximum atomic E-state index is 14.0. The lowest BCUT2D eigenvalue weighted by molar-refractivity contribution is -0.137. The van der Waals surface area contributed by atoms with Crippen LogP contribution in [0.5, 0.6) is 0 Å². The molecule has 0 N–H and O–H groups in total. The van der Waals surface area contributed by atoms with Crippen LogP contribution in [0.3, 0.4) is 0 Å². The van der Waals surface area contributed by atoms with Crippen molar-refractivity contribution in [2.45, 2.75) is 18.9 Å². The number of nitrogens with zero attached hydrogens (tertiary/aromatic N) is 3. The van der Waals surface area contributed by atoms with E-state index in [1.807, 2.05) is 0 Å². The lowest BCUT2D eigenvalue weighted by Gasteiger charge is -2.34. The summed E-state index contributed by atoms with van der Waals surface area (Å²) in [4.78, 5) is 16.2. The van der Waals surface area contributed by atoms with Crippen LogP contribution in [0.15, 0.2) is 24.3 Å². The van der Waals surface area contributed by atoms with Crippen LogP contribution in [0, 0.1) is 23.1 Å². The van der Waals surface area contributed by atoms with Crippen LogP contribution in [0.25, 0.3) is 0 Å². The third-order valence-electron chi connectivity index (χ3n) is 3.94. The SMILES string of the molecule is CN(C)[C@@H](C(=O)N1CCC(C#N)CC1)c1ccccc1F. The first-order valence-corrected chi connectivity index (χ1v) is 7.14. The molecule has 1 saturated heterocycles. The number of hydrogen-bond donors (Lipinski definition) is 0. The summed E-state index contributed by atoms with van der Waals surface area (Å²) in [6.07, 6.45) is 1.39. The fourth-order valence-corrected chi connectivity index (χ4v) is 2.73. The summed E-state index contributed by atoms with van der Waals surface area (Å²) in [5.41, 5.74) is 0.398. The maximum Gasteiger partial charge on any atom is 0.244 e. The van der Waals surface area contributed by atoms with Crippen LogP contribution in [0.2, 0.25) is 0 Å². The Morgan fingerprint density at radius 3 is 2.52 bits per heavy atom. The van der Waals surface area contributed by atoms with Crippen molar-refractivity contribution in [3.63, 3.8) is 0 Å². The van der Waals surface area contributed by atoms with Crippen molar-refractivity contribution in [2.75, 3.05) is 27.2 Å². The van der Waals surface area contributed by atoms with E-state index in [-0.39, 0.29) is 17.6 Å². The predicted octanol–water partition coefficient (Wildman–Crippen LogP) is 2.19. The fraction of sp³-hybridized carbons (Fsp3) is 0.500. The van der Waals surface area contributed by atoms with E-state index in [0.29, 0.717) is 31.5 Å². The second-order valence-corrected chi connectivity index (χ2v) is 5.62. The smallest absolute Gasteiger partial charge is 0.244 e. The highest BCUT2D eigenvalue weighted by molar-refractivity contribution is 5.83. The van der Waals surface area contributed by atoms with E-state index in [2.05, 4.69) is 6.07 Å². The number of carbonyl (C=O) groups is 1. The average Bonchev–Trinajstić information content (AvgIpc) is 2.49. The van der Waals surface area contributed by atoms with E-state index in [4.69, 9.17) is 5.26 Å². The molecule has 0 spiro atoms. The zero-order chi connectivity index (χ0) is 15.4. The van der Waals surface area contributed by atoms with Gasteiger partial charge in [0.15, 0.2) is 0 Å². The predicted molar refractivity (Wildman–Crippen MR) is 77.7 cm³/mol. The van der Waals surface area contributed by atoms with E-state index in [0.717, 1.165) is 0 Å². The van der Waals surface area contributed by atoms with Crippen molar-refractivity contribution >= 4 is 5.91 Å². The molecule has 112 valence electrons. The molecular weight excluding hydrogens is 269 g/mol. The van der Waals surface area contributed by atoms with Gasteiger partial charge in [-0.15, -0.1) is 0 Å². The summed E-state index contributed by atoms with van der Waals surface area (Å²) in [6, 6.07) is 8.02. The number of nitriles is 1. The second-order valence-electron chi connectivity index (χ2n) is 5.62. The number of halogens is 1. The molecular formula is C16H20FN3O. The highest BCUT2D eigenvalue weighted by Gasteiger charge is 2.31. The molecule has 1 amide bonds. The van der Waals surface area contributed by atoms with Gasteiger partial charge in [0.05, 0.1) is 6.07 Å². The molecule has 0 saturated carbocycles. The zero-order valence-corrected chi connectivity index (χ0v) is 12.4. The highest BCUT2D eigenvalue weighted by Crippen LogP contribution is 2.26. The van der Waals surface area contributed by atoms with Crippen molar-refractivity contribution in [1.82, 2.24) is 9.80 Å². The normalized spacial score (nSPS) is 17.6. The number of piperidine rings is 1. The van der Waals surface area contributed by atoms with Gasteiger partial charge in [0.2, 0.25) is 5.91 Å². The largest absolute Gasteiger partial charge is 0.341 e. The molecule has 1 aliphatic heterocycles. The van der Waals surface area contributed by atoms with Crippen molar-refractivity contribution in [1.29, 1.82) is 5.26 Å². The summed E-state index contributed by atoms with van der Waals surface area (Å²) in [5.74, 6) is -0.432. The van der Waals surface area contributed by atoms with Gasteiger partial charge in [0, 0.05) is 24.6 Å². The first kappa shape index (κ1) is 15.5. The average molecular weight is 289 g/mol. The van der Waals surface area contributed by atoms with Crippen LogP contribution in [-0.4, -0.2) is 42.9 Å². The molecule has 5 heteroatoms. The Labute approximate surface area is 124 Å². The van der Waals surface area contributed by atoms with Crippen molar-refractivity contribution in [3.05, 3.63) is 35.6 Å². The van der Waals surface area contributed by atoms with Gasteiger partial charge in [-0.1, -0.05) is 18.2 Å². The molecule has 1 fully saturated rings. The molecule has 1 heterocycles. The van der Waals surface area contributed by atoms with E-state index < -0.39 is 6.04 Å². The number of likely N-dealkylation sites (tertiary alicyclic amines) is 1. The minimum atomic E-state index is -0.621. The van der Waals surface area contributed by atoms with Crippen molar-refractivity contribution in [2.24, 2.45) is 5.92 Å². The topological polar surface area (TPSA) is 47.3 Å². The van der Waals surface area contributed by atoms with Crippen molar-refractivity contribution in [3.8, 4) is 6.07 Å². The van der Waals surface area contributed by atoms with E-state index in [9.17, 15) is 9.18 Å². The van der Waals surface area contributed by atoms with E-state index in [1.165, 1.54) is 6.07 Å². The number of benzene rings is 1. The molecule has 0 unspecified atom stereocenters. The quantitative estimate of drug-likeness (QED) is 0.857. The van der Waals surface area contributed by atoms with Gasteiger partial charge in [-0.2, -0.15) is 5.26 Å². The van der Waals surface area contributed by atoms with Gasteiger partial charge in [0.25, 0.3) is 0 Å². The third-order valence-corrected chi connectivity index (χ3v) is 3.94. The first-order valence-electron chi connectivity index (χ1n) is 7.14. The summed E-state index contributed by atoms with van der Waals surface area (Å²) in [6.45, 7) is 1.13. The van der Waals surface area contributed by atoms with Crippen molar-refractivity contribution < 1.29 is 9.18 Å². The molecule has 21 heavy (non-hydrogen) atoms. The molecule has 1 aromatic rings. The minimum Gasteiger partial charge on any atom is -0.341 e. The number of amides is 1. The second kappa shape index (κ2) is 6.68. The number of rotatable bonds is 3. The molecule has 2 rings (SSSR count). The van der Waals surface area contributed by atoms with Gasteiger partial charge < -0.3 is 4.90 Å². The van der Waals surface area contributed by atoms with Gasteiger partial charge in [-0.05, 0) is 33.0 Å². The van der Waals surface area contributed by atoms with E-state index in [1.54, 1.807) is 42.1 Å². The van der Waals surface area contributed by atoms with Gasteiger partial charge >= 0.3 is 0 Å². The highest BCUT2D eigenvalue weighted by atomic mass is 19.1. The molecule has 1 aromatic carbocycles. The monoisotopic (exact) mass is 289 g/mol. The van der Waals surface area contributed by atoms with Crippen LogP contribution in [0.4, 0.5) is 4.39 Å². The standard InChI is InChI=1S/C16H20FN3O/c1-19(2)15(13-5-3-4-6-14(13)17)16(21)20-9-7-12(11-18)8-10-20/h3-6,12,15H,7-10H2,1-2H3/t15-/m1/s1. The number of carbonyl (C=O) groups excluding carboxylic acids is 1. The molecule has 0 radical (unpaired) electrons. The Kier molecular flexibility index (Phi) is 4.92. The van der Waals surface area contributed by atoms with Gasteiger partial charge in [-0.25, -0.2) is 4.39 Å². The summed E-state index contributed by atoms with van der Waals surface area (Å²) >= 11 is 0. The third kappa shape index (κ3) is 3.40. The Morgan fingerprint density at radius 2 is 2.00 bits per heavy atom. The zero-order valence-electron chi connectivity index (χ0n) is 12.4. The molecule has 1 atom stereocenters. The minimum absolute atomic E-state index is 0.0281. The summed E-state index contributed by atoms with van der Waals surface area (Å²) in [5, 5.41) is 8.92. The van der Waals surface area contributed by atoms with Crippen LogP contribution < -0.4 is 0 Å². The molecule has 0 aromatic heterocycles. The lowest BCUT2D eigenvalue weighted by Crippen LogP contribution is -2.44. The Morgan fingerprint density at radius 1 is 1.38 bits per heavy atom. The summed E-state index contributed by atoms with van der Waals surface area (Å²) < 4.78 is 14.0. The summed E-state index contributed by atoms with van der Waals surface area (Å²) in [7, 11) is 3.55. The Balaban J connectivity index is 2.18. The van der Waals surface area contributed by atoms with Crippen LogP contribution in [-0.2, 0) is 4.79 Å². The van der Waals surface area contributed by atoms with Gasteiger partial charge in [0.1, 0.15) is 11.9 Å². The number of likely N-dealkylation sites (N-methyl/N-ethyl adjacent to an activating group) is 1.